The molecule has 0 amide bonds. The number of hydrogen-bond donors (Lipinski definition) is 4. The maximum atomic E-state index is 12.7. The first-order chi connectivity index (χ1) is 14.6. The number of nitrogens with one attached hydrogen (secondary N) is 2. The molecule has 15 heteroatoms. The van der Waals surface area contributed by atoms with E-state index in [9.17, 15) is 28.5 Å². The normalized spacial score (nSPS) is 14.9. The number of nitro benzene ring substituents is 1. The largest absolute Gasteiger partial charge is 0.573 e. The average molecular weight is 433 g/mol. The van der Waals surface area contributed by atoms with E-state index in [4.69, 9.17) is 16.7 Å². The second kappa shape index (κ2) is 7.56. The summed E-state index contributed by atoms with van der Waals surface area (Å²) < 4.78 is 41.8. The van der Waals surface area contributed by atoms with Gasteiger partial charge >= 0.3 is 6.36 Å². The van der Waals surface area contributed by atoms with Crippen LogP contribution in [0.2, 0.25) is 0 Å². The van der Waals surface area contributed by atoms with Crippen molar-refractivity contribution in [3.63, 3.8) is 0 Å². The van der Waals surface area contributed by atoms with Gasteiger partial charge in [0.05, 0.1) is 16.2 Å². The Labute approximate surface area is 170 Å². The molecule has 1 aromatic carbocycles. The van der Waals surface area contributed by atoms with Crippen LogP contribution in [0.1, 0.15) is 22.7 Å². The zero-order valence-corrected chi connectivity index (χ0v) is 15.1. The lowest BCUT2D eigenvalue weighted by Gasteiger charge is -2.26. The van der Waals surface area contributed by atoms with Crippen LogP contribution in [-0.4, -0.2) is 22.2 Å². The van der Waals surface area contributed by atoms with E-state index in [0.717, 1.165) is 18.2 Å². The molecule has 0 saturated heterocycles. The van der Waals surface area contributed by atoms with Gasteiger partial charge in [-0.15, -0.1) is 13.2 Å². The number of guanidine groups is 1. The third kappa shape index (κ3) is 4.01. The lowest BCUT2D eigenvalue weighted by molar-refractivity contribution is -0.385. The number of pyridine rings is 1. The van der Waals surface area contributed by atoms with Crippen LogP contribution in [0, 0.1) is 32.9 Å². The predicted octanol–water partition coefficient (Wildman–Crippen LogP) is 1.87. The summed E-state index contributed by atoms with van der Waals surface area (Å²) in [6.45, 7) is 0. The standard InChI is InChI=1S/C16H10F3N9O3/c17-16(18,19)31-6-1-2-9(28(29)30)7(3-6)12-10-11(22)8(4-20)13(23)26-14(10)27-15(25-12)24-5-21/h1-3,12H,(H6,22,23,24,25,26,27). The van der Waals surface area contributed by atoms with Gasteiger partial charge in [0.2, 0.25) is 5.96 Å². The van der Waals surface area contributed by atoms with E-state index in [2.05, 4.69) is 25.3 Å². The maximum Gasteiger partial charge on any atom is 0.573 e. The molecule has 1 aliphatic heterocycles. The summed E-state index contributed by atoms with van der Waals surface area (Å²) in [7, 11) is 0. The number of hydrogen-bond acceptors (Lipinski definition) is 11. The minimum Gasteiger partial charge on any atom is -0.406 e. The molecule has 0 radical (unpaired) electrons. The summed E-state index contributed by atoms with van der Waals surface area (Å²) in [5.74, 6) is -1.34. The van der Waals surface area contributed by atoms with Crippen LogP contribution in [0.3, 0.4) is 0 Å². The molecule has 3 rings (SSSR count). The van der Waals surface area contributed by atoms with Gasteiger partial charge < -0.3 is 21.5 Å². The number of ether oxygens (including phenoxy) is 1. The predicted molar refractivity (Wildman–Crippen MR) is 99.2 cm³/mol. The fourth-order valence-corrected chi connectivity index (χ4v) is 2.92. The fourth-order valence-electron chi connectivity index (χ4n) is 2.92. The number of nitriles is 2. The Morgan fingerprint density at radius 3 is 2.61 bits per heavy atom. The number of aromatic nitrogens is 1. The Morgan fingerprint density at radius 2 is 2.03 bits per heavy atom. The highest BCUT2D eigenvalue weighted by Crippen LogP contribution is 2.44. The smallest absolute Gasteiger partial charge is 0.406 e. The molecular weight excluding hydrogens is 423 g/mol. The van der Waals surface area contributed by atoms with Crippen molar-refractivity contribution in [1.82, 2.24) is 10.3 Å². The third-order valence-electron chi connectivity index (χ3n) is 4.08. The molecule has 1 unspecified atom stereocenters. The highest BCUT2D eigenvalue weighted by Gasteiger charge is 2.36. The van der Waals surface area contributed by atoms with Gasteiger partial charge in [0.25, 0.3) is 5.69 Å². The number of nitrogen functional groups attached to an aromatic ring is 2. The van der Waals surface area contributed by atoms with Crippen LogP contribution in [0.15, 0.2) is 23.2 Å². The highest BCUT2D eigenvalue weighted by atomic mass is 19.4. The van der Waals surface area contributed by atoms with Crippen LogP contribution >= 0.6 is 0 Å². The summed E-state index contributed by atoms with van der Waals surface area (Å²) in [6, 6.07) is 2.64. The van der Waals surface area contributed by atoms with E-state index >= 15 is 0 Å². The van der Waals surface area contributed by atoms with E-state index in [1.54, 1.807) is 12.3 Å². The molecule has 0 bridgehead atoms. The summed E-state index contributed by atoms with van der Waals surface area (Å²) in [6.07, 6.45) is -3.48. The molecule has 2 aromatic rings. The Morgan fingerprint density at radius 1 is 1.32 bits per heavy atom. The molecule has 0 aliphatic carbocycles. The second-order valence-electron chi connectivity index (χ2n) is 5.93. The number of halogens is 3. The number of anilines is 3. The van der Waals surface area contributed by atoms with Crippen LogP contribution in [0.4, 0.5) is 36.2 Å². The van der Waals surface area contributed by atoms with E-state index in [0.29, 0.717) is 0 Å². The van der Waals surface area contributed by atoms with Gasteiger partial charge in [-0.2, -0.15) is 10.5 Å². The van der Waals surface area contributed by atoms with Crippen molar-refractivity contribution in [3.8, 4) is 18.0 Å². The molecule has 0 spiro atoms. The number of aliphatic imine (C=N–C) groups is 1. The Kier molecular flexibility index (Phi) is 5.10. The Balaban J connectivity index is 2.31. The molecule has 1 aliphatic rings. The van der Waals surface area contributed by atoms with Gasteiger partial charge in [0.1, 0.15) is 35.1 Å². The third-order valence-corrected chi connectivity index (χ3v) is 4.08. The number of benzene rings is 1. The monoisotopic (exact) mass is 433 g/mol. The first kappa shape index (κ1) is 20.9. The van der Waals surface area contributed by atoms with Crippen LogP contribution in [0.5, 0.6) is 5.75 Å². The van der Waals surface area contributed by atoms with E-state index in [-0.39, 0.29) is 40.0 Å². The maximum absolute atomic E-state index is 12.7. The van der Waals surface area contributed by atoms with Crippen LogP contribution in [0.25, 0.3) is 0 Å². The molecule has 158 valence electrons. The van der Waals surface area contributed by atoms with Gasteiger partial charge in [-0.3, -0.25) is 15.4 Å². The zero-order valence-electron chi connectivity index (χ0n) is 15.1. The molecule has 31 heavy (non-hydrogen) atoms. The number of nitro groups is 1. The molecule has 12 nitrogen and oxygen atoms in total. The van der Waals surface area contributed by atoms with E-state index < -0.39 is 28.8 Å². The fraction of sp³-hybridized carbons (Fsp3) is 0.125. The molecule has 0 saturated carbocycles. The molecule has 1 atom stereocenters. The van der Waals surface area contributed by atoms with Crippen LogP contribution < -0.4 is 26.8 Å². The lowest BCUT2D eigenvalue weighted by atomic mass is 9.94. The van der Waals surface area contributed by atoms with Gasteiger partial charge in [-0.05, 0) is 12.1 Å². The van der Waals surface area contributed by atoms with Gasteiger partial charge in [-0.25, -0.2) is 9.98 Å². The molecule has 6 N–H and O–H groups in total. The van der Waals surface area contributed by atoms with E-state index in [1.165, 1.54) is 0 Å². The number of alkyl halides is 3. The molecule has 0 fully saturated rings. The minimum absolute atomic E-state index is 0.0542. The Bertz CT molecular complexity index is 1200. The van der Waals surface area contributed by atoms with Crippen molar-refractivity contribution in [1.29, 1.82) is 10.5 Å². The van der Waals surface area contributed by atoms with Crippen molar-refractivity contribution in [3.05, 3.63) is 45.0 Å². The SMILES string of the molecule is N#CNC1=NC(c2cc(OC(F)(F)F)ccc2[N+](=O)[O-])c2c(nc(N)c(C#N)c2N)N1. The topological polar surface area (TPSA) is 201 Å². The van der Waals surface area contributed by atoms with Crippen molar-refractivity contribution in [2.45, 2.75) is 12.4 Å². The van der Waals surface area contributed by atoms with Crippen LogP contribution in [-0.2, 0) is 0 Å². The first-order valence-corrected chi connectivity index (χ1v) is 8.08. The van der Waals surface area contributed by atoms with E-state index in [1.807, 2.05) is 0 Å². The van der Waals surface area contributed by atoms with Gasteiger partial charge in [0.15, 0.2) is 6.19 Å². The average Bonchev–Trinajstić information content (AvgIpc) is 2.66. The summed E-state index contributed by atoms with van der Waals surface area (Å²) in [4.78, 5) is 18.7. The summed E-state index contributed by atoms with van der Waals surface area (Å²) >= 11 is 0. The number of fused-ring (bicyclic) bond motifs is 1. The molecule has 2 heterocycles. The highest BCUT2D eigenvalue weighted by molar-refractivity contribution is 5.98. The van der Waals surface area contributed by atoms with Gasteiger partial charge in [0, 0.05) is 11.6 Å². The lowest BCUT2D eigenvalue weighted by Crippen LogP contribution is -2.33. The Hall–Kier alpha value is -4.79. The number of rotatable bonds is 3. The van der Waals surface area contributed by atoms with Crippen molar-refractivity contribution >= 4 is 29.0 Å². The summed E-state index contributed by atoms with van der Waals surface area (Å²) in [5, 5.41) is 34.5. The van der Waals surface area contributed by atoms with Crippen molar-refractivity contribution in [2.75, 3.05) is 16.8 Å². The summed E-state index contributed by atoms with van der Waals surface area (Å²) in [5.41, 5.74) is 10.2. The van der Waals surface area contributed by atoms with Crippen molar-refractivity contribution in [2.24, 2.45) is 4.99 Å². The molecule has 1 aromatic heterocycles. The first-order valence-electron chi connectivity index (χ1n) is 8.08. The van der Waals surface area contributed by atoms with Gasteiger partial charge in [-0.1, -0.05) is 0 Å². The number of nitrogens with two attached hydrogens (primary N) is 2. The number of nitrogens with zero attached hydrogens (tertiary/aromatic N) is 5. The quantitative estimate of drug-likeness (QED) is 0.239. The van der Waals surface area contributed by atoms with Crippen molar-refractivity contribution < 1.29 is 22.8 Å². The minimum atomic E-state index is -5.06. The zero-order chi connectivity index (χ0) is 22.9. The molecular formula is C16H10F3N9O3. The second-order valence-corrected chi connectivity index (χ2v) is 5.93.